The van der Waals surface area contributed by atoms with Crippen molar-refractivity contribution in [1.82, 2.24) is 5.32 Å². The molecular formula is C16H24BrNO2. The van der Waals surface area contributed by atoms with E-state index in [1.807, 2.05) is 12.1 Å². The van der Waals surface area contributed by atoms with E-state index in [1.54, 1.807) is 0 Å². The van der Waals surface area contributed by atoms with Crippen LogP contribution in [0.3, 0.4) is 0 Å². The second-order valence-corrected chi connectivity index (χ2v) is 6.30. The molecule has 1 rings (SSSR count). The van der Waals surface area contributed by atoms with Crippen molar-refractivity contribution < 1.29 is 9.53 Å². The average Bonchev–Trinajstić information content (AvgIpc) is 2.42. The summed E-state index contributed by atoms with van der Waals surface area (Å²) < 4.78 is 5.96. The van der Waals surface area contributed by atoms with Crippen molar-refractivity contribution in [3.63, 3.8) is 0 Å². The Kier molecular flexibility index (Phi) is 7.24. The third-order valence-electron chi connectivity index (χ3n) is 3.25. The minimum atomic E-state index is -0.260. The van der Waals surface area contributed by atoms with Gasteiger partial charge in [-0.15, -0.1) is 0 Å². The summed E-state index contributed by atoms with van der Waals surface area (Å²) in [6, 6.07) is 8.07. The van der Waals surface area contributed by atoms with Gasteiger partial charge < -0.3 is 4.74 Å². The molecule has 0 saturated heterocycles. The quantitative estimate of drug-likeness (QED) is 0.759. The van der Waals surface area contributed by atoms with E-state index in [2.05, 4.69) is 54.2 Å². The summed E-state index contributed by atoms with van der Waals surface area (Å²) in [5.41, 5.74) is 1.18. The molecule has 4 heteroatoms. The van der Waals surface area contributed by atoms with Crippen molar-refractivity contribution in [3.8, 4) is 0 Å². The van der Waals surface area contributed by atoms with E-state index in [0.29, 0.717) is 5.92 Å². The molecule has 2 unspecified atom stereocenters. The zero-order chi connectivity index (χ0) is 15.1. The van der Waals surface area contributed by atoms with Crippen LogP contribution in [0.25, 0.3) is 0 Å². The van der Waals surface area contributed by atoms with Gasteiger partial charge in [-0.05, 0) is 36.5 Å². The number of rotatable bonds is 7. The zero-order valence-corrected chi connectivity index (χ0v) is 14.2. The topological polar surface area (TPSA) is 38.3 Å². The molecule has 0 radical (unpaired) electrons. The predicted molar refractivity (Wildman–Crippen MR) is 85.6 cm³/mol. The van der Waals surface area contributed by atoms with E-state index in [9.17, 15) is 4.79 Å². The highest BCUT2D eigenvalue weighted by Gasteiger charge is 2.23. The van der Waals surface area contributed by atoms with Gasteiger partial charge in [-0.25, -0.2) is 0 Å². The minimum absolute atomic E-state index is 0.148. The van der Waals surface area contributed by atoms with Crippen LogP contribution < -0.4 is 5.32 Å². The number of carbonyl (C=O) groups excluding carboxylic acids is 1. The van der Waals surface area contributed by atoms with Crippen LogP contribution >= 0.6 is 15.9 Å². The molecule has 1 aromatic carbocycles. The van der Waals surface area contributed by atoms with Crippen LogP contribution in [0.2, 0.25) is 0 Å². The van der Waals surface area contributed by atoms with E-state index in [-0.39, 0.29) is 18.1 Å². The third-order valence-corrected chi connectivity index (χ3v) is 3.75. The summed E-state index contributed by atoms with van der Waals surface area (Å²) in [7, 11) is 1.44. The first-order valence-corrected chi connectivity index (χ1v) is 7.86. The molecule has 20 heavy (non-hydrogen) atoms. The molecule has 0 amide bonds. The number of carbonyl (C=O) groups is 1. The fourth-order valence-electron chi connectivity index (χ4n) is 2.26. The van der Waals surface area contributed by atoms with Gasteiger partial charge in [0.05, 0.1) is 7.11 Å². The number of ether oxygens (including phenoxy) is 1. The summed E-state index contributed by atoms with van der Waals surface area (Å²) in [6.45, 7) is 6.33. The number of hydrogen-bond acceptors (Lipinski definition) is 3. The largest absolute Gasteiger partial charge is 0.468 e. The Hall–Kier alpha value is -0.870. The number of nitrogens with one attached hydrogen (secondary N) is 1. The highest BCUT2D eigenvalue weighted by molar-refractivity contribution is 9.10. The second-order valence-electron chi connectivity index (χ2n) is 5.39. The van der Waals surface area contributed by atoms with E-state index in [1.165, 1.54) is 12.7 Å². The van der Waals surface area contributed by atoms with Crippen molar-refractivity contribution in [2.75, 3.05) is 7.11 Å². The molecule has 1 aromatic rings. The van der Waals surface area contributed by atoms with Crippen molar-refractivity contribution >= 4 is 21.9 Å². The molecular weight excluding hydrogens is 318 g/mol. The van der Waals surface area contributed by atoms with Crippen LogP contribution in [0, 0.1) is 5.92 Å². The number of methoxy groups -OCH3 is 1. The molecule has 0 heterocycles. The number of esters is 1. The molecule has 0 fully saturated rings. The van der Waals surface area contributed by atoms with Gasteiger partial charge in [0.1, 0.15) is 6.04 Å². The van der Waals surface area contributed by atoms with Gasteiger partial charge in [0, 0.05) is 10.5 Å². The maximum atomic E-state index is 11.9. The lowest BCUT2D eigenvalue weighted by atomic mass is 9.99. The Morgan fingerprint density at radius 3 is 2.60 bits per heavy atom. The van der Waals surface area contributed by atoms with Gasteiger partial charge in [0.15, 0.2) is 0 Å². The maximum Gasteiger partial charge on any atom is 0.322 e. The first kappa shape index (κ1) is 17.2. The summed E-state index contributed by atoms with van der Waals surface area (Å²) in [6.07, 6.45) is 1.69. The van der Waals surface area contributed by atoms with Crippen LogP contribution in [-0.2, 0) is 9.53 Å². The van der Waals surface area contributed by atoms with E-state index in [4.69, 9.17) is 4.74 Å². The highest BCUT2D eigenvalue weighted by atomic mass is 79.9. The van der Waals surface area contributed by atoms with E-state index >= 15 is 0 Å². The smallest absolute Gasteiger partial charge is 0.322 e. The minimum Gasteiger partial charge on any atom is -0.468 e. The Bertz CT molecular complexity index is 434. The van der Waals surface area contributed by atoms with E-state index in [0.717, 1.165) is 17.3 Å². The summed E-state index contributed by atoms with van der Waals surface area (Å²) >= 11 is 3.49. The fourth-order valence-corrected chi connectivity index (χ4v) is 2.68. The Morgan fingerprint density at radius 1 is 1.40 bits per heavy atom. The molecule has 3 nitrogen and oxygen atoms in total. The van der Waals surface area contributed by atoms with Crippen LogP contribution in [0.15, 0.2) is 28.7 Å². The highest BCUT2D eigenvalue weighted by Crippen LogP contribution is 2.22. The van der Waals surface area contributed by atoms with Gasteiger partial charge in [0.2, 0.25) is 0 Å². The third kappa shape index (κ3) is 5.25. The van der Waals surface area contributed by atoms with E-state index < -0.39 is 0 Å². The van der Waals surface area contributed by atoms with Gasteiger partial charge in [-0.1, -0.05) is 48.8 Å². The summed E-state index contributed by atoms with van der Waals surface area (Å²) in [5.74, 6) is 0.249. The van der Waals surface area contributed by atoms with Crippen molar-refractivity contribution in [3.05, 3.63) is 34.3 Å². The lowest BCUT2D eigenvalue weighted by Gasteiger charge is -2.25. The first-order chi connectivity index (χ1) is 9.47. The molecule has 0 aliphatic heterocycles. The van der Waals surface area contributed by atoms with Crippen molar-refractivity contribution in [2.45, 2.75) is 45.7 Å². The molecule has 0 bridgehead atoms. The lowest BCUT2D eigenvalue weighted by Crippen LogP contribution is -2.40. The molecule has 112 valence electrons. The van der Waals surface area contributed by atoms with Crippen LogP contribution in [0.4, 0.5) is 0 Å². The second kappa shape index (κ2) is 8.42. The number of hydrogen-bond donors (Lipinski definition) is 1. The summed E-state index contributed by atoms with van der Waals surface area (Å²) in [4.78, 5) is 11.9. The van der Waals surface area contributed by atoms with Gasteiger partial charge in [0.25, 0.3) is 0 Å². The lowest BCUT2D eigenvalue weighted by molar-refractivity contribution is -0.143. The molecule has 0 spiro atoms. The normalized spacial score (nSPS) is 14.1. The SMILES string of the molecule is CCC(NC(CC(C)C)C(=O)OC)c1cccc(Br)c1. The first-order valence-electron chi connectivity index (χ1n) is 7.07. The van der Waals surface area contributed by atoms with Crippen molar-refractivity contribution in [2.24, 2.45) is 5.92 Å². The molecule has 0 aliphatic rings. The molecule has 2 atom stereocenters. The average molecular weight is 342 g/mol. The monoisotopic (exact) mass is 341 g/mol. The molecule has 0 aromatic heterocycles. The number of halogens is 1. The standard InChI is InChI=1S/C16H24BrNO2/c1-5-14(12-7-6-8-13(17)10-12)18-15(9-11(2)3)16(19)20-4/h6-8,10-11,14-15,18H,5,9H2,1-4H3. The predicted octanol–water partition coefficient (Wildman–Crippen LogP) is 4.08. The van der Waals surface area contributed by atoms with Crippen LogP contribution in [0.1, 0.15) is 45.2 Å². The van der Waals surface area contributed by atoms with Gasteiger partial charge in [-0.2, -0.15) is 0 Å². The van der Waals surface area contributed by atoms with Crippen LogP contribution in [0.5, 0.6) is 0 Å². The molecule has 0 saturated carbocycles. The van der Waals surface area contributed by atoms with Gasteiger partial charge in [-0.3, -0.25) is 10.1 Å². The van der Waals surface area contributed by atoms with Gasteiger partial charge >= 0.3 is 5.97 Å². The van der Waals surface area contributed by atoms with Crippen molar-refractivity contribution in [1.29, 1.82) is 0 Å². The molecule has 0 aliphatic carbocycles. The fraction of sp³-hybridized carbons (Fsp3) is 0.562. The molecule has 1 N–H and O–H groups in total. The van der Waals surface area contributed by atoms with Crippen LogP contribution in [-0.4, -0.2) is 19.1 Å². The Labute approximate surface area is 130 Å². The zero-order valence-electron chi connectivity index (χ0n) is 12.7. The Balaban J connectivity index is 2.85. The number of benzene rings is 1. The summed E-state index contributed by atoms with van der Waals surface area (Å²) in [5, 5.41) is 3.43. The Morgan fingerprint density at radius 2 is 2.10 bits per heavy atom. The maximum absolute atomic E-state index is 11.9.